The highest BCUT2D eigenvalue weighted by Crippen LogP contribution is 2.16. The predicted molar refractivity (Wildman–Crippen MR) is 53.9 cm³/mol. The van der Waals surface area contributed by atoms with Gasteiger partial charge in [0.05, 0.1) is 4.92 Å². The van der Waals surface area contributed by atoms with Crippen molar-refractivity contribution in [1.82, 2.24) is 9.78 Å². The van der Waals surface area contributed by atoms with E-state index < -0.39 is 22.3 Å². The zero-order valence-electron chi connectivity index (χ0n) is 8.29. The average molecular weight is 223 g/mol. The number of unbranched alkanes of at least 4 members (excludes halogenated alkanes) is 1. The molecular formula is C9H9N3O4. The number of carboxylic acid groups (broad SMARTS) is 1. The van der Waals surface area contributed by atoms with Gasteiger partial charge in [-0.3, -0.25) is 14.8 Å². The van der Waals surface area contributed by atoms with E-state index >= 15 is 0 Å². The fourth-order valence-corrected chi connectivity index (χ4v) is 1.15. The van der Waals surface area contributed by atoms with Crippen molar-refractivity contribution in [1.29, 1.82) is 0 Å². The summed E-state index contributed by atoms with van der Waals surface area (Å²) in [7, 11) is 0. The van der Waals surface area contributed by atoms with Gasteiger partial charge in [0.2, 0.25) is 5.69 Å². The third kappa shape index (κ3) is 2.57. The molecule has 0 spiro atoms. The third-order valence-corrected chi connectivity index (χ3v) is 1.85. The van der Waals surface area contributed by atoms with Crippen LogP contribution in [0.15, 0.2) is 6.20 Å². The Kier molecular flexibility index (Phi) is 3.61. The first-order chi connectivity index (χ1) is 7.56. The average Bonchev–Trinajstić information content (AvgIpc) is 2.62. The maximum Gasteiger partial charge on any atom is 0.363 e. The molecule has 1 rings (SSSR count). The standard InChI is InChI=1S/C9H9N3O4/c1-2-3-4-5-11-6-7(12(15)16)8(10-11)9(13)14/h1,6H,3-5H2,(H,13,14). The molecule has 0 fully saturated rings. The number of aryl methyl sites for hydroxylation is 1. The number of nitro groups is 1. The second-order valence-corrected chi connectivity index (χ2v) is 3.00. The van der Waals surface area contributed by atoms with Gasteiger partial charge in [-0.25, -0.2) is 4.79 Å². The molecule has 7 nitrogen and oxygen atoms in total. The van der Waals surface area contributed by atoms with E-state index in [-0.39, 0.29) is 0 Å². The van der Waals surface area contributed by atoms with Crippen LogP contribution in [0.3, 0.4) is 0 Å². The number of nitrogens with zero attached hydrogens (tertiary/aromatic N) is 3. The Morgan fingerprint density at radius 3 is 2.88 bits per heavy atom. The molecule has 1 aromatic rings. The summed E-state index contributed by atoms with van der Waals surface area (Å²) in [6.07, 6.45) is 7.24. The lowest BCUT2D eigenvalue weighted by atomic mass is 10.3. The largest absolute Gasteiger partial charge is 0.476 e. The molecule has 0 bridgehead atoms. The number of terminal acetylenes is 1. The van der Waals surface area contributed by atoms with Crippen LogP contribution < -0.4 is 0 Å². The molecule has 0 aliphatic heterocycles. The summed E-state index contributed by atoms with van der Waals surface area (Å²) in [5.41, 5.74) is -1.06. The van der Waals surface area contributed by atoms with Crippen LogP contribution >= 0.6 is 0 Å². The number of hydrogen-bond acceptors (Lipinski definition) is 4. The van der Waals surface area contributed by atoms with Crippen LogP contribution in [0.4, 0.5) is 5.69 Å². The zero-order valence-corrected chi connectivity index (χ0v) is 8.29. The van der Waals surface area contributed by atoms with Crippen LogP contribution in [0, 0.1) is 22.5 Å². The fourth-order valence-electron chi connectivity index (χ4n) is 1.15. The minimum Gasteiger partial charge on any atom is -0.476 e. The molecule has 7 heteroatoms. The Morgan fingerprint density at radius 1 is 1.75 bits per heavy atom. The Hall–Kier alpha value is -2.36. The van der Waals surface area contributed by atoms with Gasteiger partial charge in [0.25, 0.3) is 0 Å². The first kappa shape index (κ1) is 11.7. The van der Waals surface area contributed by atoms with Crippen molar-refractivity contribution in [2.75, 3.05) is 0 Å². The lowest BCUT2D eigenvalue weighted by Gasteiger charge is -1.95. The van der Waals surface area contributed by atoms with Crippen molar-refractivity contribution in [3.05, 3.63) is 22.0 Å². The number of aromatic carboxylic acids is 1. The zero-order chi connectivity index (χ0) is 12.1. The van der Waals surface area contributed by atoms with Crippen molar-refractivity contribution >= 4 is 11.7 Å². The van der Waals surface area contributed by atoms with E-state index in [1.165, 1.54) is 4.68 Å². The summed E-state index contributed by atoms with van der Waals surface area (Å²) in [5.74, 6) is 0.999. The molecule has 0 aliphatic carbocycles. The minimum atomic E-state index is -1.41. The monoisotopic (exact) mass is 223 g/mol. The van der Waals surface area contributed by atoms with Crippen LogP contribution in [0.2, 0.25) is 0 Å². The lowest BCUT2D eigenvalue weighted by Crippen LogP contribution is -2.03. The van der Waals surface area contributed by atoms with Crippen molar-refractivity contribution in [3.63, 3.8) is 0 Å². The molecule has 84 valence electrons. The van der Waals surface area contributed by atoms with E-state index in [4.69, 9.17) is 11.5 Å². The second kappa shape index (κ2) is 4.93. The molecule has 0 aromatic carbocycles. The van der Waals surface area contributed by atoms with E-state index in [0.717, 1.165) is 6.20 Å². The minimum absolute atomic E-state index is 0.359. The first-order valence-electron chi connectivity index (χ1n) is 4.45. The van der Waals surface area contributed by atoms with Crippen LogP contribution in [0.25, 0.3) is 0 Å². The molecule has 0 saturated heterocycles. The maximum absolute atomic E-state index is 10.7. The number of carbonyl (C=O) groups is 1. The summed E-state index contributed by atoms with van der Waals surface area (Å²) in [4.78, 5) is 20.4. The molecule has 0 aliphatic rings. The number of aromatic nitrogens is 2. The molecule has 1 aromatic heterocycles. The summed E-state index contributed by atoms with van der Waals surface area (Å²) >= 11 is 0. The van der Waals surface area contributed by atoms with Gasteiger partial charge in [-0.2, -0.15) is 5.10 Å². The van der Waals surface area contributed by atoms with Crippen LogP contribution in [0.5, 0.6) is 0 Å². The van der Waals surface area contributed by atoms with Gasteiger partial charge in [0.1, 0.15) is 6.20 Å². The Labute approximate surface area is 90.8 Å². The highest BCUT2D eigenvalue weighted by Gasteiger charge is 2.24. The molecule has 16 heavy (non-hydrogen) atoms. The molecule has 0 atom stereocenters. The third-order valence-electron chi connectivity index (χ3n) is 1.85. The van der Waals surface area contributed by atoms with Crippen LogP contribution in [0.1, 0.15) is 23.3 Å². The van der Waals surface area contributed by atoms with Gasteiger partial charge in [0.15, 0.2) is 0 Å². The van der Waals surface area contributed by atoms with Gasteiger partial charge >= 0.3 is 11.7 Å². The van der Waals surface area contributed by atoms with Crippen molar-refractivity contribution in [3.8, 4) is 12.3 Å². The molecule has 0 amide bonds. The van der Waals surface area contributed by atoms with E-state index in [2.05, 4.69) is 11.0 Å². The predicted octanol–water partition coefficient (Wildman–Crippen LogP) is 0.903. The van der Waals surface area contributed by atoms with Crippen LogP contribution in [-0.4, -0.2) is 25.8 Å². The van der Waals surface area contributed by atoms with E-state index in [9.17, 15) is 14.9 Å². The second-order valence-electron chi connectivity index (χ2n) is 3.00. The number of hydrogen-bond donors (Lipinski definition) is 1. The Morgan fingerprint density at radius 2 is 2.44 bits per heavy atom. The molecule has 1 heterocycles. The number of carboxylic acids is 1. The maximum atomic E-state index is 10.7. The topological polar surface area (TPSA) is 98.3 Å². The van der Waals surface area contributed by atoms with Gasteiger partial charge in [-0.15, -0.1) is 12.3 Å². The van der Waals surface area contributed by atoms with Gasteiger partial charge in [-0.1, -0.05) is 0 Å². The fraction of sp³-hybridized carbons (Fsp3) is 0.333. The summed E-state index contributed by atoms with van der Waals surface area (Å²) in [6, 6.07) is 0. The Bertz CT molecular complexity index is 426. The van der Waals surface area contributed by atoms with E-state index in [0.29, 0.717) is 19.4 Å². The molecule has 0 saturated carbocycles. The van der Waals surface area contributed by atoms with Crippen molar-refractivity contribution in [2.24, 2.45) is 0 Å². The number of rotatable bonds is 5. The highest BCUT2D eigenvalue weighted by atomic mass is 16.6. The van der Waals surface area contributed by atoms with E-state index in [1.807, 2.05) is 0 Å². The Balaban J connectivity index is 2.89. The van der Waals surface area contributed by atoms with Gasteiger partial charge < -0.3 is 5.11 Å². The highest BCUT2D eigenvalue weighted by molar-refractivity contribution is 5.89. The normalized spacial score (nSPS) is 9.69. The SMILES string of the molecule is C#CCCCn1cc([N+](=O)[O-])c(C(=O)O)n1. The summed E-state index contributed by atoms with van der Waals surface area (Å²) in [6.45, 7) is 0.359. The lowest BCUT2D eigenvalue weighted by molar-refractivity contribution is -0.385. The van der Waals surface area contributed by atoms with E-state index in [1.54, 1.807) is 0 Å². The van der Waals surface area contributed by atoms with Crippen molar-refractivity contribution < 1.29 is 14.8 Å². The molecule has 0 unspecified atom stereocenters. The molecule has 0 radical (unpaired) electrons. The van der Waals surface area contributed by atoms with Gasteiger partial charge in [-0.05, 0) is 6.42 Å². The molecule has 1 N–H and O–H groups in total. The van der Waals surface area contributed by atoms with Crippen molar-refractivity contribution in [2.45, 2.75) is 19.4 Å². The summed E-state index contributed by atoms with van der Waals surface area (Å²) < 4.78 is 1.22. The summed E-state index contributed by atoms with van der Waals surface area (Å²) in [5, 5.41) is 22.8. The molecular weight excluding hydrogens is 214 g/mol. The smallest absolute Gasteiger partial charge is 0.363 e. The van der Waals surface area contributed by atoms with Crippen LogP contribution in [-0.2, 0) is 6.54 Å². The first-order valence-corrected chi connectivity index (χ1v) is 4.45. The van der Waals surface area contributed by atoms with Gasteiger partial charge in [0, 0.05) is 13.0 Å². The quantitative estimate of drug-likeness (QED) is 0.346.